The predicted molar refractivity (Wildman–Crippen MR) is 86.0 cm³/mol. The van der Waals surface area contributed by atoms with E-state index in [0.29, 0.717) is 9.84 Å². The van der Waals surface area contributed by atoms with Crippen LogP contribution in [0.4, 0.5) is 0 Å². The second-order valence-electron chi connectivity index (χ2n) is 4.42. The van der Waals surface area contributed by atoms with Crippen molar-refractivity contribution in [2.45, 2.75) is 16.8 Å². The fraction of sp³-hybridized carbons (Fsp3) is 0.286. The van der Waals surface area contributed by atoms with E-state index in [-0.39, 0.29) is 0 Å². The third kappa shape index (κ3) is 1.98. The van der Waals surface area contributed by atoms with E-state index in [4.69, 9.17) is 0 Å². The number of alkyl halides is 1. The van der Waals surface area contributed by atoms with Crippen LogP contribution in [-0.4, -0.2) is 3.92 Å². The van der Waals surface area contributed by atoms with Crippen molar-refractivity contribution in [1.29, 1.82) is 0 Å². The molecule has 2 unspecified atom stereocenters. The molecule has 0 bridgehead atoms. The molecule has 0 aromatic carbocycles. The third-order valence-electron chi connectivity index (χ3n) is 3.33. The van der Waals surface area contributed by atoms with Gasteiger partial charge in [-0.05, 0) is 55.7 Å². The molecule has 0 saturated heterocycles. The number of halogens is 2. The molecule has 0 N–H and O–H groups in total. The second kappa shape index (κ2) is 4.44. The molecular formula is C14H12I2. The molecule has 0 radical (unpaired) electrons. The maximum atomic E-state index is 2.51. The highest BCUT2D eigenvalue weighted by molar-refractivity contribution is 14.1. The van der Waals surface area contributed by atoms with Crippen molar-refractivity contribution in [2.75, 3.05) is 0 Å². The highest BCUT2D eigenvalue weighted by atomic mass is 127. The summed E-state index contributed by atoms with van der Waals surface area (Å²) in [5, 5.41) is 0. The first-order valence-electron chi connectivity index (χ1n) is 5.54. The topological polar surface area (TPSA) is 0 Å². The van der Waals surface area contributed by atoms with Crippen LogP contribution in [0.2, 0.25) is 0 Å². The number of hydrogen-bond donors (Lipinski definition) is 0. The van der Waals surface area contributed by atoms with Gasteiger partial charge in [0, 0.05) is 9.84 Å². The van der Waals surface area contributed by atoms with E-state index in [1.54, 1.807) is 0 Å². The Labute approximate surface area is 124 Å². The summed E-state index contributed by atoms with van der Waals surface area (Å²) in [6.45, 7) is 0. The van der Waals surface area contributed by atoms with Gasteiger partial charge in [-0.15, -0.1) is 0 Å². The lowest BCUT2D eigenvalue weighted by Gasteiger charge is -2.29. The van der Waals surface area contributed by atoms with Gasteiger partial charge < -0.3 is 0 Å². The fourth-order valence-corrected chi connectivity index (χ4v) is 3.86. The molecule has 0 aromatic rings. The zero-order valence-electron chi connectivity index (χ0n) is 8.79. The minimum atomic E-state index is 0.617. The molecule has 2 heteroatoms. The Balaban J connectivity index is 2.04. The van der Waals surface area contributed by atoms with Gasteiger partial charge in [0.2, 0.25) is 0 Å². The van der Waals surface area contributed by atoms with Crippen LogP contribution < -0.4 is 0 Å². The summed E-state index contributed by atoms with van der Waals surface area (Å²) in [5.41, 5.74) is 4.53. The van der Waals surface area contributed by atoms with Crippen molar-refractivity contribution in [3.8, 4) is 0 Å². The van der Waals surface area contributed by atoms with Crippen LogP contribution in [0, 0.1) is 5.92 Å². The Morgan fingerprint density at radius 3 is 2.81 bits per heavy atom. The van der Waals surface area contributed by atoms with E-state index >= 15 is 0 Å². The average molecular weight is 434 g/mol. The molecule has 0 amide bonds. The van der Waals surface area contributed by atoms with Crippen LogP contribution in [-0.2, 0) is 0 Å². The lowest BCUT2D eigenvalue weighted by Crippen LogP contribution is -2.15. The van der Waals surface area contributed by atoms with Crippen molar-refractivity contribution in [3.05, 3.63) is 56.8 Å². The molecule has 82 valence electrons. The molecule has 16 heavy (non-hydrogen) atoms. The summed E-state index contributed by atoms with van der Waals surface area (Å²) in [7, 11) is 0. The van der Waals surface area contributed by atoms with Gasteiger partial charge in [0.1, 0.15) is 0 Å². The molecule has 0 aliphatic heterocycles. The van der Waals surface area contributed by atoms with Crippen LogP contribution in [0.15, 0.2) is 56.8 Å². The minimum absolute atomic E-state index is 0.617. The van der Waals surface area contributed by atoms with Crippen molar-refractivity contribution in [2.24, 2.45) is 5.92 Å². The van der Waals surface area contributed by atoms with Crippen molar-refractivity contribution in [1.82, 2.24) is 0 Å². The van der Waals surface area contributed by atoms with Crippen LogP contribution in [0.25, 0.3) is 0 Å². The molecule has 3 aliphatic rings. The van der Waals surface area contributed by atoms with E-state index < -0.39 is 0 Å². The smallest absolute Gasteiger partial charge is 0.0333 e. The predicted octanol–water partition coefficient (Wildman–Crippen LogP) is 4.88. The minimum Gasteiger partial charge on any atom is -0.0777 e. The van der Waals surface area contributed by atoms with Gasteiger partial charge in [0.25, 0.3) is 0 Å². The quantitative estimate of drug-likeness (QED) is 0.377. The van der Waals surface area contributed by atoms with Crippen LogP contribution in [0.5, 0.6) is 0 Å². The summed E-state index contributed by atoms with van der Waals surface area (Å²) < 4.78 is 2.13. The first kappa shape index (κ1) is 11.3. The summed E-state index contributed by atoms with van der Waals surface area (Å²) in [4.78, 5) is 0. The highest BCUT2D eigenvalue weighted by Gasteiger charge is 2.25. The largest absolute Gasteiger partial charge is 0.0777 e. The fourth-order valence-electron chi connectivity index (χ4n) is 2.52. The van der Waals surface area contributed by atoms with Gasteiger partial charge in [-0.25, -0.2) is 0 Å². The van der Waals surface area contributed by atoms with E-state index in [0.717, 1.165) is 0 Å². The number of allylic oxidation sites excluding steroid dienone is 10. The van der Waals surface area contributed by atoms with Gasteiger partial charge in [-0.1, -0.05) is 59.0 Å². The van der Waals surface area contributed by atoms with E-state index in [1.165, 1.54) is 33.1 Å². The average Bonchev–Trinajstić information content (AvgIpc) is 2.28. The van der Waals surface area contributed by atoms with Crippen molar-refractivity contribution in [3.63, 3.8) is 0 Å². The standard InChI is InChI=1S/C14H12I2/c15-11-3-5-13-9(7-11)1-2-10-8-12(16)4-6-14(10)13/h1-6,9,12H,7-8H2. The summed E-state index contributed by atoms with van der Waals surface area (Å²) in [6, 6.07) is 0. The zero-order valence-corrected chi connectivity index (χ0v) is 13.1. The molecule has 0 saturated carbocycles. The summed E-state index contributed by atoms with van der Waals surface area (Å²) >= 11 is 4.95. The van der Waals surface area contributed by atoms with Crippen LogP contribution in [0.1, 0.15) is 12.8 Å². The number of hydrogen-bond acceptors (Lipinski definition) is 0. The molecular weight excluding hydrogens is 422 g/mol. The maximum Gasteiger partial charge on any atom is 0.0333 e. The summed E-state index contributed by atoms with van der Waals surface area (Å²) in [5.74, 6) is 0.617. The van der Waals surface area contributed by atoms with Crippen molar-refractivity contribution >= 4 is 45.2 Å². The molecule has 0 fully saturated rings. The maximum absolute atomic E-state index is 2.51. The Bertz CT molecular complexity index is 475. The Morgan fingerprint density at radius 1 is 1.06 bits per heavy atom. The first-order chi connectivity index (χ1) is 7.74. The van der Waals surface area contributed by atoms with Gasteiger partial charge in [-0.2, -0.15) is 0 Å². The second-order valence-corrected chi connectivity index (χ2v) is 7.41. The lowest BCUT2D eigenvalue weighted by molar-refractivity contribution is 0.754. The normalized spacial score (nSPS) is 31.9. The monoisotopic (exact) mass is 434 g/mol. The number of fused-ring (bicyclic) bond motifs is 2. The molecule has 0 aromatic heterocycles. The Morgan fingerprint density at radius 2 is 1.94 bits per heavy atom. The van der Waals surface area contributed by atoms with Gasteiger partial charge >= 0.3 is 0 Å². The Kier molecular flexibility index (Phi) is 3.13. The molecule has 3 rings (SSSR count). The SMILES string of the molecule is IC1=CC=C2C3=C(C=CC2C1)CC(I)C=C3. The van der Waals surface area contributed by atoms with Gasteiger partial charge in [0.15, 0.2) is 0 Å². The van der Waals surface area contributed by atoms with Crippen LogP contribution >= 0.6 is 45.2 Å². The molecule has 0 heterocycles. The van der Waals surface area contributed by atoms with E-state index in [1.807, 2.05) is 0 Å². The molecule has 0 spiro atoms. The highest BCUT2D eigenvalue weighted by Crippen LogP contribution is 2.41. The molecule has 0 nitrogen and oxygen atoms in total. The summed E-state index contributed by atoms with van der Waals surface area (Å²) in [6.07, 6.45) is 16.3. The van der Waals surface area contributed by atoms with Crippen LogP contribution in [0.3, 0.4) is 0 Å². The number of rotatable bonds is 0. The zero-order chi connectivity index (χ0) is 11.1. The van der Waals surface area contributed by atoms with Gasteiger partial charge in [0.05, 0.1) is 0 Å². The first-order valence-corrected chi connectivity index (χ1v) is 7.87. The third-order valence-corrected chi connectivity index (χ3v) is 4.99. The lowest BCUT2D eigenvalue weighted by atomic mass is 9.78. The molecule has 2 atom stereocenters. The van der Waals surface area contributed by atoms with Crippen molar-refractivity contribution < 1.29 is 0 Å². The molecule has 3 aliphatic carbocycles. The van der Waals surface area contributed by atoms with E-state index in [9.17, 15) is 0 Å². The van der Waals surface area contributed by atoms with Gasteiger partial charge in [-0.3, -0.25) is 0 Å². The van der Waals surface area contributed by atoms with E-state index in [2.05, 4.69) is 81.6 Å². The Hall–Kier alpha value is 0.160.